The first-order valence-corrected chi connectivity index (χ1v) is 13.2. The molecule has 3 aromatic rings. The predicted molar refractivity (Wildman–Crippen MR) is 149 cm³/mol. The molecule has 1 aliphatic heterocycles. The van der Waals surface area contributed by atoms with E-state index in [-0.39, 0.29) is 5.91 Å². The van der Waals surface area contributed by atoms with E-state index in [1.807, 2.05) is 66.7 Å². The van der Waals surface area contributed by atoms with Crippen LogP contribution in [0.1, 0.15) is 23.6 Å². The van der Waals surface area contributed by atoms with Crippen LogP contribution in [-0.2, 0) is 17.8 Å². The van der Waals surface area contributed by atoms with Gasteiger partial charge in [0.05, 0.1) is 18.6 Å². The SMILES string of the molecule is CCc1ccc(N=C2NC(=O)/C(=C/c3cc(Br)c(OCc4ccccc4Cl)c(I)c3)S2)cc1. The van der Waals surface area contributed by atoms with Gasteiger partial charge in [-0.1, -0.05) is 48.9 Å². The van der Waals surface area contributed by atoms with Crippen LogP contribution in [0.4, 0.5) is 5.69 Å². The molecule has 0 atom stereocenters. The third-order valence-corrected chi connectivity index (χ3v) is 7.54. The number of hydrogen-bond donors (Lipinski definition) is 1. The van der Waals surface area contributed by atoms with E-state index in [9.17, 15) is 4.79 Å². The van der Waals surface area contributed by atoms with E-state index in [2.05, 4.69) is 55.8 Å². The Hall–Kier alpha value is -1.81. The molecule has 1 amide bonds. The molecule has 168 valence electrons. The van der Waals surface area contributed by atoms with Crippen molar-refractivity contribution in [1.29, 1.82) is 0 Å². The Morgan fingerprint density at radius 1 is 1.18 bits per heavy atom. The van der Waals surface area contributed by atoms with Gasteiger partial charge < -0.3 is 10.1 Å². The second-order valence-electron chi connectivity index (χ2n) is 7.20. The lowest BCUT2D eigenvalue weighted by atomic mass is 10.2. The largest absolute Gasteiger partial charge is 0.487 e. The predicted octanol–water partition coefficient (Wildman–Crippen LogP) is 7.74. The van der Waals surface area contributed by atoms with Crippen molar-refractivity contribution in [2.45, 2.75) is 20.0 Å². The Bertz CT molecular complexity index is 1240. The van der Waals surface area contributed by atoms with Crippen molar-refractivity contribution in [3.63, 3.8) is 0 Å². The van der Waals surface area contributed by atoms with Crippen molar-refractivity contribution in [1.82, 2.24) is 5.32 Å². The van der Waals surface area contributed by atoms with Gasteiger partial charge in [0.15, 0.2) is 5.17 Å². The number of carbonyl (C=O) groups is 1. The van der Waals surface area contributed by atoms with Gasteiger partial charge in [-0.15, -0.1) is 0 Å². The molecular weight excluding hydrogens is 635 g/mol. The van der Waals surface area contributed by atoms with E-state index in [0.29, 0.717) is 21.7 Å². The summed E-state index contributed by atoms with van der Waals surface area (Å²) in [6.07, 6.45) is 2.83. The van der Waals surface area contributed by atoms with Crippen molar-refractivity contribution >= 4 is 84.7 Å². The number of rotatable bonds is 6. The number of amidine groups is 1. The summed E-state index contributed by atoms with van der Waals surface area (Å²) in [6.45, 7) is 2.48. The first-order valence-electron chi connectivity index (χ1n) is 10.2. The number of halogens is 3. The second-order valence-corrected chi connectivity index (χ2v) is 10.6. The summed E-state index contributed by atoms with van der Waals surface area (Å²) in [5.41, 5.74) is 3.88. The van der Waals surface area contributed by atoms with E-state index in [0.717, 1.165) is 37.0 Å². The first kappa shape index (κ1) is 24.3. The van der Waals surface area contributed by atoms with Gasteiger partial charge in [0.25, 0.3) is 5.91 Å². The van der Waals surface area contributed by atoms with Gasteiger partial charge >= 0.3 is 0 Å². The van der Waals surface area contributed by atoms with Gasteiger partial charge in [0.1, 0.15) is 12.4 Å². The third-order valence-electron chi connectivity index (χ3n) is 4.87. The van der Waals surface area contributed by atoms with E-state index in [1.165, 1.54) is 17.3 Å². The Labute approximate surface area is 224 Å². The Morgan fingerprint density at radius 2 is 1.94 bits per heavy atom. The van der Waals surface area contributed by atoms with Gasteiger partial charge in [-0.05, 0) is 104 Å². The van der Waals surface area contributed by atoms with Gasteiger partial charge in [-0.3, -0.25) is 4.79 Å². The van der Waals surface area contributed by atoms with Gasteiger partial charge in [0, 0.05) is 10.6 Å². The number of benzene rings is 3. The van der Waals surface area contributed by atoms with Crippen LogP contribution >= 0.6 is 61.9 Å². The maximum absolute atomic E-state index is 12.5. The maximum Gasteiger partial charge on any atom is 0.264 e. The number of carbonyl (C=O) groups excluding carboxylic acids is 1. The number of aliphatic imine (C=N–C) groups is 1. The minimum atomic E-state index is -0.158. The van der Waals surface area contributed by atoms with Crippen molar-refractivity contribution in [3.8, 4) is 5.75 Å². The monoisotopic (exact) mass is 652 g/mol. The van der Waals surface area contributed by atoms with Crippen molar-refractivity contribution in [2.24, 2.45) is 4.99 Å². The van der Waals surface area contributed by atoms with Crippen LogP contribution in [0.15, 0.2) is 75.0 Å². The molecule has 4 rings (SSSR count). The number of nitrogens with one attached hydrogen (secondary N) is 1. The smallest absolute Gasteiger partial charge is 0.264 e. The number of hydrogen-bond acceptors (Lipinski definition) is 4. The van der Waals surface area contributed by atoms with Gasteiger partial charge in [-0.25, -0.2) is 4.99 Å². The van der Waals surface area contributed by atoms with E-state index < -0.39 is 0 Å². The number of ether oxygens (including phenoxy) is 1. The zero-order valence-corrected chi connectivity index (χ0v) is 22.9. The van der Waals surface area contributed by atoms with E-state index in [1.54, 1.807) is 0 Å². The molecule has 4 nitrogen and oxygen atoms in total. The fraction of sp³-hybridized carbons (Fsp3) is 0.120. The normalized spacial score (nSPS) is 15.8. The van der Waals surface area contributed by atoms with Crippen LogP contribution in [-0.4, -0.2) is 11.1 Å². The van der Waals surface area contributed by atoms with Gasteiger partial charge in [0.2, 0.25) is 0 Å². The molecule has 1 saturated heterocycles. The molecule has 0 aliphatic carbocycles. The summed E-state index contributed by atoms with van der Waals surface area (Å²) in [6, 6.07) is 19.5. The summed E-state index contributed by atoms with van der Waals surface area (Å²) in [5, 5.41) is 4.09. The minimum absolute atomic E-state index is 0.158. The van der Waals surface area contributed by atoms with E-state index >= 15 is 0 Å². The molecule has 0 radical (unpaired) electrons. The molecule has 8 heteroatoms. The zero-order valence-electron chi connectivity index (χ0n) is 17.6. The molecule has 1 fully saturated rings. The van der Waals surface area contributed by atoms with E-state index in [4.69, 9.17) is 16.3 Å². The molecule has 3 aromatic carbocycles. The van der Waals surface area contributed by atoms with Crippen LogP contribution < -0.4 is 10.1 Å². The number of thioether (sulfide) groups is 1. The van der Waals surface area contributed by atoms with Crippen molar-refractivity contribution in [2.75, 3.05) is 0 Å². The van der Waals surface area contributed by atoms with Gasteiger partial charge in [-0.2, -0.15) is 0 Å². The highest BCUT2D eigenvalue weighted by Crippen LogP contribution is 2.35. The average molecular weight is 654 g/mol. The summed E-state index contributed by atoms with van der Waals surface area (Å²) < 4.78 is 7.75. The Kier molecular flexibility index (Phi) is 8.16. The molecule has 33 heavy (non-hydrogen) atoms. The van der Waals surface area contributed by atoms with Crippen LogP contribution in [0.5, 0.6) is 5.75 Å². The van der Waals surface area contributed by atoms with Crippen LogP contribution in [0.25, 0.3) is 6.08 Å². The highest BCUT2D eigenvalue weighted by atomic mass is 127. The molecule has 1 aliphatic rings. The summed E-state index contributed by atoms with van der Waals surface area (Å²) in [5.74, 6) is 0.577. The average Bonchev–Trinajstić information content (AvgIpc) is 3.13. The molecule has 0 spiro atoms. The van der Waals surface area contributed by atoms with Crippen LogP contribution in [0, 0.1) is 3.57 Å². The lowest BCUT2D eigenvalue weighted by Crippen LogP contribution is -2.19. The second kappa shape index (κ2) is 11.1. The molecule has 0 unspecified atom stereocenters. The van der Waals surface area contributed by atoms with Crippen molar-refractivity contribution < 1.29 is 9.53 Å². The standard InChI is InChI=1S/C25H19BrClIN2O2S/c1-2-15-7-9-18(10-8-15)29-25-30-24(31)22(33-25)13-16-11-19(26)23(21(28)12-16)32-14-17-5-3-4-6-20(17)27/h3-13H,2,14H2,1H3,(H,29,30,31)/b22-13-. The maximum atomic E-state index is 12.5. The third kappa shape index (κ3) is 6.20. The lowest BCUT2D eigenvalue weighted by molar-refractivity contribution is -0.115. The Morgan fingerprint density at radius 3 is 2.64 bits per heavy atom. The fourth-order valence-corrected chi connectivity index (χ4v) is 5.92. The Balaban J connectivity index is 1.49. The lowest BCUT2D eigenvalue weighted by Gasteiger charge is -2.12. The molecule has 1 heterocycles. The topological polar surface area (TPSA) is 50.7 Å². The van der Waals surface area contributed by atoms with Crippen molar-refractivity contribution in [3.05, 3.63) is 95.3 Å². The van der Waals surface area contributed by atoms with Crippen LogP contribution in [0.3, 0.4) is 0 Å². The molecule has 0 saturated carbocycles. The molecule has 1 N–H and O–H groups in total. The number of amides is 1. The fourth-order valence-electron chi connectivity index (χ4n) is 3.12. The summed E-state index contributed by atoms with van der Waals surface area (Å²) >= 11 is 13.4. The summed E-state index contributed by atoms with van der Waals surface area (Å²) in [7, 11) is 0. The summed E-state index contributed by atoms with van der Waals surface area (Å²) in [4.78, 5) is 17.6. The van der Waals surface area contributed by atoms with Crippen LogP contribution in [0.2, 0.25) is 5.02 Å². The molecular formula is C25H19BrClIN2O2S. The highest BCUT2D eigenvalue weighted by molar-refractivity contribution is 14.1. The zero-order chi connectivity index (χ0) is 23.4. The minimum Gasteiger partial charge on any atom is -0.487 e. The number of aryl methyl sites for hydroxylation is 1. The first-order chi connectivity index (χ1) is 15.9. The quantitative estimate of drug-likeness (QED) is 0.219. The number of nitrogens with zero attached hydrogens (tertiary/aromatic N) is 1. The molecule has 0 aromatic heterocycles. The molecule has 0 bridgehead atoms. The highest BCUT2D eigenvalue weighted by Gasteiger charge is 2.24.